The third-order valence-electron chi connectivity index (χ3n) is 3.77. The zero-order chi connectivity index (χ0) is 14.0. The van der Waals surface area contributed by atoms with Gasteiger partial charge in [-0.25, -0.2) is 0 Å². The van der Waals surface area contributed by atoms with Crippen molar-refractivity contribution in [2.75, 3.05) is 13.2 Å². The molecule has 5 heteroatoms. The number of thiophene rings is 1. The average Bonchev–Trinajstić information content (AvgIpc) is 2.80. The van der Waals surface area contributed by atoms with Gasteiger partial charge in [-0.05, 0) is 42.3 Å². The number of ether oxygens (including phenoxy) is 1. The average molecular weight is 347 g/mol. The van der Waals surface area contributed by atoms with Crippen LogP contribution in [-0.4, -0.2) is 36.2 Å². The van der Waals surface area contributed by atoms with Gasteiger partial charge in [0.25, 0.3) is 0 Å². The van der Waals surface area contributed by atoms with E-state index in [0.29, 0.717) is 12.1 Å². The molecule has 1 aliphatic heterocycles. The molecule has 4 atom stereocenters. The normalized spacial score (nSPS) is 28.3. The first-order valence-corrected chi connectivity index (χ1v) is 8.57. The molecule has 0 bridgehead atoms. The van der Waals surface area contributed by atoms with Gasteiger partial charge in [0.1, 0.15) is 0 Å². The molecule has 0 saturated carbocycles. The second kappa shape index (κ2) is 6.68. The summed E-state index contributed by atoms with van der Waals surface area (Å²) < 4.78 is 6.88. The molecule has 4 unspecified atom stereocenters. The van der Waals surface area contributed by atoms with E-state index in [1.54, 1.807) is 11.3 Å². The molecule has 0 amide bonds. The smallest absolute Gasteiger partial charge is 0.0675 e. The van der Waals surface area contributed by atoms with Gasteiger partial charge in [-0.15, -0.1) is 11.3 Å². The summed E-state index contributed by atoms with van der Waals surface area (Å²) >= 11 is 5.34. The molecular formula is C14H23BrN2OS. The van der Waals surface area contributed by atoms with Crippen molar-refractivity contribution >= 4 is 27.3 Å². The highest BCUT2D eigenvalue weighted by molar-refractivity contribution is 9.10. The Hall–Kier alpha value is 0.0600. The molecule has 1 aromatic heterocycles. The van der Waals surface area contributed by atoms with Crippen molar-refractivity contribution in [1.82, 2.24) is 4.90 Å². The monoisotopic (exact) mass is 346 g/mol. The number of hydrogen-bond donors (Lipinski definition) is 1. The quantitative estimate of drug-likeness (QED) is 0.907. The van der Waals surface area contributed by atoms with Gasteiger partial charge in [-0.3, -0.25) is 4.90 Å². The predicted molar refractivity (Wildman–Crippen MR) is 84.6 cm³/mol. The van der Waals surface area contributed by atoms with E-state index >= 15 is 0 Å². The van der Waals surface area contributed by atoms with Crippen molar-refractivity contribution in [3.8, 4) is 0 Å². The van der Waals surface area contributed by atoms with Crippen molar-refractivity contribution in [2.24, 2.45) is 5.73 Å². The highest BCUT2D eigenvalue weighted by Crippen LogP contribution is 2.34. The van der Waals surface area contributed by atoms with Gasteiger partial charge >= 0.3 is 0 Å². The fourth-order valence-electron chi connectivity index (χ4n) is 2.64. The third kappa shape index (κ3) is 3.58. The molecule has 1 aliphatic rings. The summed E-state index contributed by atoms with van der Waals surface area (Å²) in [6.07, 6.45) is 1.27. The lowest BCUT2D eigenvalue weighted by molar-refractivity contribution is -0.0701. The molecule has 3 nitrogen and oxygen atoms in total. The van der Waals surface area contributed by atoms with Crippen molar-refractivity contribution in [3.05, 3.63) is 20.8 Å². The largest absolute Gasteiger partial charge is 0.376 e. The van der Waals surface area contributed by atoms with E-state index in [2.05, 4.69) is 53.0 Å². The van der Waals surface area contributed by atoms with Crippen LogP contribution < -0.4 is 5.73 Å². The van der Waals surface area contributed by atoms with Crippen LogP contribution in [0.1, 0.15) is 38.1 Å². The highest BCUT2D eigenvalue weighted by atomic mass is 79.9. The lowest BCUT2D eigenvalue weighted by Gasteiger charge is -2.43. The molecule has 2 rings (SSSR count). The standard InChI is InChI=1S/C14H23BrN2OS/c1-4-12(16)14(13-5-11(15)8-19-13)17-6-10(3)18-7-9(17)2/h5,8-10,12,14H,4,6-7,16H2,1-3H3. The lowest BCUT2D eigenvalue weighted by atomic mass is 10.00. The number of nitrogens with two attached hydrogens (primary N) is 1. The van der Waals surface area contributed by atoms with Gasteiger partial charge < -0.3 is 10.5 Å². The predicted octanol–water partition coefficient (Wildman–Crippen LogP) is 3.40. The maximum atomic E-state index is 6.41. The van der Waals surface area contributed by atoms with Crippen LogP contribution in [-0.2, 0) is 4.74 Å². The first-order valence-electron chi connectivity index (χ1n) is 6.89. The van der Waals surface area contributed by atoms with Gasteiger partial charge in [0.05, 0.1) is 18.8 Å². The van der Waals surface area contributed by atoms with Crippen molar-refractivity contribution < 1.29 is 4.74 Å². The topological polar surface area (TPSA) is 38.5 Å². The fraction of sp³-hybridized carbons (Fsp3) is 0.714. The van der Waals surface area contributed by atoms with Gasteiger partial charge in [0, 0.05) is 33.4 Å². The van der Waals surface area contributed by atoms with Crippen LogP contribution in [0.4, 0.5) is 0 Å². The number of rotatable bonds is 4. The van der Waals surface area contributed by atoms with Crippen LogP contribution in [0.25, 0.3) is 0 Å². The van der Waals surface area contributed by atoms with Crippen LogP contribution >= 0.6 is 27.3 Å². The third-order valence-corrected chi connectivity index (χ3v) is 5.53. The molecule has 2 N–H and O–H groups in total. The van der Waals surface area contributed by atoms with Gasteiger partial charge in [-0.1, -0.05) is 6.92 Å². The number of halogens is 1. The second-order valence-corrected chi connectivity index (χ2v) is 7.23. The first kappa shape index (κ1) is 15.4. The molecule has 1 fully saturated rings. The van der Waals surface area contributed by atoms with Crippen LogP contribution in [0.2, 0.25) is 0 Å². The minimum atomic E-state index is 0.165. The van der Waals surface area contributed by atoms with Gasteiger partial charge in [0.2, 0.25) is 0 Å². The van der Waals surface area contributed by atoms with E-state index in [4.69, 9.17) is 10.5 Å². The van der Waals surface area contributed by atoms with E-state index in [9.17, 15) is 0 Å². The van der Waals surface area contributed by atoms with Crippen LogP contribution in [0, 0.1) is 0 Å². The summed E-state index contributed by atoms with van der Waals surface area (Å²) in [5.74, 6) is 0. The molecule has 1 saturated heterocycles. The Bertz CT molecular complexity index is 412. The number of morpholine rings is 1. The van der Waals surface area contributed by atoms with Crippen molar-refractivity contribution in [3.63, 3.8) is 0 Å². The van der Waals surface area contributed by atoms with E-state index in [1.807, 2.05) is 0 Å². The van der Waals surface area contributed by atoms with E-state index in [1.165, 1.54) is 4.88 Å². The van der Waals surface area contributed by atoms with E-state index in [-0.39, 0.29) is 12.1 Å². The highest BCUT2D eigenvalue weighted by Gasteiger charge is 2.34. The minimum absolute atomic E-state index is 0.165. The second-order valence-electron chi connectivity index (χ2n) is 5.37. The van der Waals surface area contributed by atoms with Gasteiger partial charge in [0.15, 0.2) is 0 Å². The Kier molecular flexibility index (Phi) is 5.43. The summed E-state index contributed by atoms with van der Waals surface area (Å²) in [6, 6.07) is 3.08. The summed E-state index contributed by atoms with van der Waals surface area (Å²) in [7, 11) is 0. The Labute approximate surface area is 128 Å². The maximum Gasteiger partial charge on any atom is 0.0675 e. The first-order chi connectivity index (χ1) is 9.02. The summed E-state index contributed by atoms with van der Waals surface area (Å²) in [4.78, 5) is 3.86. The molecular weight excluding hydrogens is 324 g/mol. The van der Waals surface area contributed by atoms with Crippen LogP contribution in [0.5, 0.6) is 0 Å². The molecule has 0 spiro atoms. The zero-order valence-electron chi connectivity index (χ0n) is 11.8. The van der Waals surface area contributed by atoms with Crippen molar-refractivity contribution in [2.45, 2.75) is 51.4 Å². The summed E-state index contributed by atoms with van der Waals surface area (Å²) in [5.41, 5.74) is 6.41. The molecule has 0 aliphatic carbocycles. The van der Waals surface area contributed by atoms with E-state index in [0.717, 1.165) is 24.0 Å². The SMILES string of the molecule is CCC(N)C(c1cc(Br)cs1)N1CC(C)OCC1C. The summed E-state index contributed by atoms with van der Waals surface area (Å²) in [5, 5.41) is 2.14. The Morgan fingerprint density at radius 1 is 1.58 bits per heavy atom. The number of hydrogen-bond acceptors (Lipinski definition) is 4. The van der Waals surface area contributed by atoms with Crippen LogP contribution in [0.3, 0.4) is 0 Å². The molecule has 2 heterocycles. The minimum Gasteiger partial charge on any atom is -0.376 e. The Morgan fingerprint density at radius 2 is 2.32 bits per heavy atom. The van der Waals surface area contributed by atoms with Crippen molar-refractivity contribution in [1.29, 1.82) is 0 Å². The van der Waals surface area contributed by atoms with Crippen LogP contribution in [0.15, 0.2) is 15.9 Å². The Balaban J connectivity index is 2.26. The summed E-state index contributed by atoms with van der Waals surface area (Å²) in [6.45, 7) is 8.27. The maximum absolute atomic E-state index is 6.41. The molecule has 108 valence electrons. The molecule has 0 aromatic carbocycles. The molecule has 19 heavy (non-hydrogen) atoms. The Morgan fingerprint density at radius 3 is 2.89 bits per heavy atom. The zero-order valence-corrected chi connectivity index (χ0v) is 14.2. The van der Waals surface area contributed by atoms with E-state index < -0.39 is 0 Å². The lowest BCUT2D eigenvalue weighted by Crippen LogP contribution is -2.52. The van der Waals surface area contributed by atoms with Gasteiger partial charge in [-0.2, -0.15) is 0 Å². The molecule has 0 radical (unpaired) electrons. The number of nitrogens with zero attached hydrogens (tertiary/aromatic N) is 1. The molecule has 1 aromatic rings. The fourth-order valence-corrected chi connectivity index (χ4v) is 4.28.